The molecule has 0 saturated carbocycles. The smallest absolute Gasteiger partial charge is 0.311 e. The summed E-state index contributed by atoms with van der Waals surface area (Å²) in [7, 11) is 0. The molecule has 0 radical (unpaired) electrons. The molecule has 0 bridgehead atoms. The van der Waals surface area contributed by atoms with E-state index in [9.17, 15) is 4.79 Å². The maximum Gasteiger partial charge on any atom is 0.311 e. The number of ether oxygens (including phenoxy) is 1. The molecule has 1 unspecified atom stereocenters. The highest BCUT2D eigenvalue weighted by Gasteiger charge is 2.32. The number of hydrogen-bond acceptors (Lipinski definition) is 3. The molecule has 0 amide bonds. The first kappa shape index (κ1) is 13.5. The van der Waals surface area contributed by atoms with Gasteiger partial charge in [-0.2, -0.15) is 0 Å². The quantitative estimate of drug-likeness (QED) is 0.691. The molecule has 1 fully saturated rings. The van der Waals surface area contributed by atoms with E-state index in [4.69, 9.17) is 4.74 Å². The van der Waals surface area contributed by atoms with Gasteiger partial charge >= 0.3 is 5.97 Å². The molecule has 94 valence electrons. The van der Waals surface area contributed by atoms with Crippen molar-refractivity contribution < 1.29 is 9.53 Å². The van der Waals surface area contributed by atoms with Gasteiger partial charge < -0.3 is 4.74 Å². The zero-order valence-electron chi connectivity index (χ0n) is 11.2. The summed E-state index contributed by atoms with van der Waals surface area (Å²) >= 11 is 0. The van der Waals surface area contributed by atoms with Crippen molar-refractivity contribution in [1.29, 1.82) is 0 Å². The molecule has 1 rings (SSSR count). The summed E-state index contributed by atoms with van der Waals surface area (Å²) in [6, 6.07) is 0.544. The Balaban J connectivity index is 2.43. The fourth-order valence-corrected chi connectivity index (χ4v) is 1.77. The van der Waals surface area contributed by atoms with Crippen molar-refractivity contribution in [2.24, 2.45) is 5.41 Å². The Morgan fingerprint density at radius 2 is 2.12 bits per heavy atom. The van der Waals surface area contributed by atoms with E-state index in [-0.39, 0.29) is 17.5 Å². The van der Waals surface area contributed by atoms with E-state index in [2.05, 4.69) is 18.7 Å². The summed E-state index contributed by atoms with van der Waals surface area (Å²) in [5.74, 6) is -0.0504. The topological polar surface area (TPSA) is 29.5 Å². The highest BCUT2D eigenvalue weighted by molar-refractivity contribution is 5.76. The number of likely N-dealkylation sites (tertiary alicyclic amines) is 1. The fourth-order valence-electron chi connectivity index (χ4n) is 1.77. The first-order chi connectivity index (χ1) is 7.36. The van der Waals surface area contributed by atoms with E-state index in [0.29, 0.717) is 6.04 Å². The Kier molecular flexibility index (Phi) is 4.36. The monoisotopic (exact) mass is 227 g/mol. The van der Waals surface area contributed by atoms with Crippen LogP contribution in [0.15, 0.2) is 0 Å². The van der Waals surface area contributed by atoms with E-state index in [1.54, 1.807) is 0 Å². The van der Waals surface area contributed by atoms with Crippen molar-refractivity contribution in [3.05, 3.63) is 0 Å². The molecule has 0 spiro atoms. The second kappa shape index (κ2) is 5.17. The minimum Gasteiger partial charge on any atom is -0.461 e. The van der Waals surface area contributed by atoms with Gasteiger partial charge in [-0.1, -0.05) is 6.92 Å². The number of rotatable bonds is 4. The van der Waals surface area contributed by atoms with Crippen molar-refractivity contribution in [3.8, 4) is 0 Å². The van der Waals surface area contributed by atoms with Crippen LogP contribution in [0, 0.1) is 5.41 Å². The highest BCUT2D eigenvalue weighted by atomic mass is 16.5. The standard InChI is InChI=1S/C13H25NO2/c1-6-13(4,5)12(15)16-11-7-8-14(9-11)10(2)3/h10-11H,6-9H2,1-5H3. The van der Waals surface area contributed by atoms with Gasteiger partial charge in [0.15, 0.2) is 0 Å². The van der Waals surface area contributed by atoms with E-state index >= 15 is 0 Å². The minimum atomic E-state index is -0.342. The molecule has 0 aromatic carbocycles. The Bertz CT molecular complexity index is 248. The van der Waals surface area contributed by atoms with Crippen LogP contribution in [0.5, 0.6) is 0 Å². The van der Waals surface area contributed by atoms with Gasteiger partial charge in [0.2, 0.25) is 0 Å². The van der Waals surface area contributed by atoms with Crippen molar-refractivity contribution in [2.75, 3.05) is 13.1 Å². The summed E-state index contributed by atoms with van der Waals surface area (Å²) in [4.78, 5) is 14.2. The van der Waals surface area contributed by atoms with Crippen LogP contribution in [-0.4, -0.2) is 36.1 Å². The summed E-state index contributed by atoms with van der Waals surface area (Å²) in [6.07, 6.45) is 1.90. The zero-order valence-corrected chi connectivity index (χ0v) is 11.2. The largest absolute Gasteiger partial charge is 0.461 e. The third kappa shape index (κ3) is 3.21. The molecule has 3 nitrogen and oxygen atoms in total. The fraction of sp³-hybridized carbons (Fsp3) is 0.923. The molecule has 1 saturated heterocycles. The van der Waals surface area contributed by atoms with Crippen molar-refractivity contribution in [3.63, 3.8) is 0 Å². The lowest BCUT2D eigenvalue weighted by molar-refractivity contribution is -0.159. The molecular formula is C13H25NO2. The van der Waals surface area contributed by atoms with Gasteiger partial charge in [-0.3, -0.25) is 9.69 Å². The molecule has 1 atom stereocenters. The van der Waals surface area contributed by atoms with E-state index in [1.807, 2.05) is 20.8 Å². The molecule has 3 heteroatoms. The van der Waals surface area contributed by atoms with Crippen LogP contribution in [0.4, 0.5) is 0 Å². The van der Waals surface area contributed by atoms with Gasteiger partial charge in [0.1, 0.15) is 6.10 Å². The number of nitrogens with zero attached hydrogens (tertiary/aromatic N) is 1. The number of hydrogen-bond donors (Lipinski definition) is 0. The lowest BCUT2D eigenvalue weighted by Gasteiger charge is -2.24. The average molecular weight is 227 g/mol. The van der Waals surface area contributed by atoms with Gasteiger partial charge in [0.05, 0.1) is 5.41 Å². The van der Waals surface area contributed by atoms with Crippen LogP contribution in [0.25, 0.3) is 0 Å². The second-order valence-corrected chi connectivity index (χ2v) is 5.64. The molecule has 1 aliphatic heterocycles. The van der Waals surface area contributed by atoms with Crippen molar-refractivity contribution in [1.82, 2.24) is 4.90 Å². The highest BCUT2D eigenvalue weighted by Crippen LogP contribution is 2.24. The lowest BCUT2D eigenvalue weighted by atomic mass is 9.90. The lowest BCUT2D eigenvalue weighted by Crippen LogP contribution is -2.33. The van der Waals surface area contributed by atoms with Crippen LogP contribution >= 0.6 is 0 Å². The Morgan fingerprint density at radius 1 is 1.50 bits per heavy atom. The van der Waals surface area contributed by atoms with E-state index < -0.39 is 0 Å². The first-order valence-corrected chi connectivity index (χ1v) is 6.32. The van der Waals surface area contributed by atoms with Crippen LogP contribution < -0.4 is 0 Å². The second-order valence-electron chi connectivity index (χ2n) is 5.64. The Hall–Kier alpha value is -0.570. The average Bonchev–Trinajstić information content (AvgIpc) is 2.66. The maximum absolute atomic E-state index is 11.9. The molecule has 0 N–H and O–H groups in total. The number of carbonyl (C=O) groups excluding carboxylic acids is 1. The van der Waals surface area contributed by atoms with Gasteiger partial charge in [-0.05, 0) is 40.5 Å². The zero-order chi connectivity index (χ0) is 12.3. The molecule has 16 heavy (non-hydrogen) atoms. The summed E-state index contributed by atoms with van der Waals surface area (Å²) in [5.41, 5.74) is -0.342. The number of esters is 1. The van der Waals surface area contributed by atoms with Crippen molar-refractivity contribution in [2.45, 2.75) is 59.6 Å². The molecule has 0 aromatic heterocycles. The minimum absolute atomic E-state index is 0.0504. The molecular weight excluding hydrogens is 202 g/mol. The predicted octanol–water partition coefficient (Wildman–Crippen LogP) is 2.45. The predicted molar refractivity (Wildman–Crippen MR) is 65.3 cm³/mol. The normalized spacial score (nSPS) is 22.8. The van der Waals surface area contributed by atoms with E-state index in [0.717, 1.165) is 25.9 Å². The van der Waals surface area contributed by atoms with E-state index in [1.165, 1.54) is 0 Å². The molecule has 1 aliphatic rings. The maximum atomic E-state index is 11.9. The van der Waals surface area contributed by atoms with Gasteiger partial charge in [0, 0.05) is 19.1 Å². The molecule has 1 heterocycles. The summed E-state index contributed by atoms with van der Waals surface area (Å²) in [5, 5.41) is 0. The van der Waals surface area contributed by atoms with Crippen LogP contribution in [0.1, 0.15) is 47.5 Å². The Labute approximate surface area is 99.1 Å². The third-order valence-corrected chi connectivity index (χ3v) is 3.62. The van der Waals surface area contributed by atoms with Crippen molar-refractivity contribution >= 4 is 5.97 Å². The Morgan fingerprint density at radius 3 is 2.56 bits per heavy atom. The molecule has 0 aromatic rings. The SMILES string of the molecule is CCC(C)(C)C(=O)OC1CCN(C(C)C)C1. The summed E-state index contributed by atoms with van der Waals surface area (Å²) in [6.45, 7) is 12.2. The van der Waals surface area contributed by atoms with Crippen LogP contribution in [0.2, 0.25) is 0 Å². The van der Waals surface area contributed by atoms with Crippen LogP contribution in [0.3, 0.4) is 0 Å². The number of carbonyl (C=O) groups is 1. The molecule has 0 aliphatic carbocycles. The third-order valence-electron chi connectivity index (χ3n) is 3.62. The van der Waals surface area contributed by atoms with Gasteiger partial charge in [-0.25, -0.2) is 0 Å². The van der Waals surface area contributed by atoms with Gasteiger partial charge in [-0.15, -0.1) is 0 Å². The van der Waals surface area contributed by atoms with Crippen LogP contribution in [-0.2, 0) is 9.53 Å². The van der Waals surface area contributed by atoms with Gasteiger partial charge in [0.25, 0.3) is 0 Å². The first-order valence-electron chi connectivity index (χ1n) is 6.32. The summed E-state index contributed by atoms with van der Waals surface area (Å²) < 4.78 is 5.57.